The van der Waals surface area contributed by atoms with Crippen molar-refractivity contribution in [2.24, 2.45) is 0 Å². The topological polar surface area (TPSA) is 157 Å². The number of nitrogens with zero attached hydrogens (tertiary/aromatic N) is 1. The number of benzene rings is 2. The molecule has 0 spiro atoms. The predicted molar refractivity (Wildman–Crippen MR) is 129 cm³/mol. The maximum absolute atomic E-state index is 13.5. The van der Waals surface area contributed by atoms with E-state index in [4.69, 9.17) is 14.2 Å². The Morgan fingerprint density at radius 3 is 2.03 bits per heavy atom. The molecule has 3 N–H and O–H groups in total. The molecule has 1 aromatic heterocycles. The number of aromatic amines is 1. The Balaban J connectivity index is 1.55. The van der Waals surface area contributed by atoms with Crippen LogP contribution >= 0.6 is 0 Å². The summed E-state index contributed by atoms with van der Waals surface area (Å²) in [4.78, 5) is 52.6. The number of carbonyl (C=O) groups is 2. The molecule has 0 amide bonds. The van der Waals surface area contributed by atoms with Gasteiger partial charge in [-0.1, -0.05) is 60.7 Å². The van der Waals surface area contributed by atoms with Gasteiger partial charge in [0.15, 0.2) is 6.23 Å². The molecule has 4 atom stereocenters. The van der Waals surface area contributed by atoms with E-state index < -0.39 is 59.6 Å². The van der Waals surface area contributed by atoms with Crippen LogP contribution in [0.3, 0.4) is 0 Å². The van der Waals surface area contributed by atoms with Crippen molar-refractivity contribution in [3.05, 3.63) is 105 Å². The Morgan fingerprint density at radius 1 is 0.946 bits per heavy atom. The van der Waals surface area contributed by atoms with Crippen LogP contribution in [0, 0.1) is 0 Å². The number of H-pyrrole nitrogens is 1. The van der Waals surface area contributed by atoms with Crippen molar-refractivity contribution in [3.63, 3.8) is 0 Å². The molecule has 11 nitrogen and oxygen atoms in total. The van der Waals surface area contributed by atoms with Crippen molar-refractivity contribution >= 4 is 11.6 Å². The lowest BCUT2D eigenvalue weighted by Gasteiger charge is -2.30. The molecular weight excluding hydrogens is 484 g/mol. The lowest BCUT2D eigenvalue weighted by molar-refractivity contribution is -0.0892. The fraction of sp³-hybridized carbons (Fsp3) is 0.308. The fourth-order valence-electron chi connectivity index (χ4n) is 4.17. The summed E-state index contributed by atoms with van der Waals surface area (Å²) in [7, 11) is 1.23. The molecule has 2 aromatic carbocycles. The first-order valence-electron chi connectivity index (χ1n) is 11.4. The molecule has 3 aromatic rings. The number of Topliss-reactive ketones (excluding diaryl/α,β-unsaturated/α-hetero) is 2. The SMILES string of the molecule is COC(COC[C@@H]1O[C@H](n2ccc(=O)[nH]c2=O)C(O)C1O)(C(=O)c1ccccc1)C(=O)c1ccccc1. The molecule has 1 aliphatic rings. The van der Waals surface area contributed by atoms with Crippen LogP contribution in [0.4, 0.5) is 0 Å². The molecule has 4 rings (SSSR count). The second-order valence-corrected chi connectivity index (χ2v) is 8.50. The third kappa shape index (κ3) is 5.22. The van der Waals surface area contributed by atoms with Crippen LogP contribution < -0.4 is 11.2 Å². The van der Waals surface area contributed by atoms with Crippen molar-refractivity contribution < 1.29 is 34.0 Å². The van der Waals surface area contributed by atoms with E-state index in [9.17, 15) is 29.4 Å². The number of methoxy groups -OCH3 is 1. The van der Waals surface area contributed by atoms with Gasteiger partial charge in [0.05, 0.1) is 13.2 Å². The van der Waals surface area contributed by atoms with Crippen LogP contribution in [0.2, 0.25) is 0 Å². The van der Waals surface area contributed by atoms with Gasteiger partial charge < -0.3 is 24.4 Å². The smallest absolute Gasteiger partial charge is 0.330 e. The maximum atomic E-state index is 13.5. The van der Waals surface area contributed by atoms with E-state index in [1.165, 1.54) is 7.11 Å². The molecule has 37 heavy (non-hydrogen) atoms. The largest absolute Gasteiger partial charge is 0.387 e. The number of aromatic nitrogens is 2. The summed E-state index contributed by atoms with van der Waals surface area (Å²) < 4.78 is 17.8. The number of ether oxygens (including phenoxy) is 3. The minimum atomic E-state index is -2.04. The summed E-state index contributed by atoms with van der Waals surface area (Å²) in [5.41, 5.74) is -3.02. The van der Waals surface area contributed by atoms with Crippen LogP contribution in [0.25, 0.3) is 0 Å². The zero-order valence-electron chi connectivity index (χ0n) is 19.9. The van der Waals surface area contributed by atoms with E-state index in [0.29, 0.717) is 0 Å². The molecule has 2 unspecified atom stereocenters. The quantitative estimate of drug-likeness (QED) is 0.258. The van der Waals surface area contributed by atoms with Crippen molar-refractivity contribution in [2.75, 3.05) is 20.3 Å². The first-order valence-corrected chi connectivity index (χ1v) is 11.4. The maximum Gasteiger partial charge on any atom is 0.330 e. The van der Waals surface area contributed by atoms with Gasteiger partial charge in [-0.3, -0.25) is 23.9 Å². The number of carbonyl (C=O) groups excluding carboxylic acids is 2. The molecule has 0 saturated carbocycles. The van der Waals surface area contributed by atoms with Crippen molar-refractivity contribution in [1.29, 1.82) is 0 Å². The molecule has 194 valence electrons. The molecule has 0 aliphatic carbocycles. The minimum absolute atomic E-state index is 0.238. The van der Waals surface area contributed by atoms with Crippen LogP contribution in [0.5, 0.6) is 0 Å². The molecule has 1 fully saturated rings. The average molecular weight is 510 g/mol. The number of nitrogens with one attached hydrogen (secondary N) is 1. The number of aliphatic hydroxyl groups is 2. The number of aliphatic hydroxyl groups excluding tert-OH is 2. The monoisotopic (exact) mass is 510 g/mol. The lowest BCUT2D eigenvalue weighted by atomic mass is 9.85. The van der Waals surface area contributed by atoms with E-state index in [-0.39, 0.29) is 17.7 Å². The third-order valence-corrected chi connectivity index (χ3v) is 6.20. The van der Waals surface area contributed by atoms with Crippen LogP contribution in [-0.2, 0) is 14.2 Å². The highest BCUT2D eigenvalue weighted by Crippen LogP contribution is 2.29. The van der Waals surface area contributed by atoms with Crippen molar-refractivity contribution in [1.82, 2.24) is 9.55 Å². The molecule has 2 heterocycles. The van der Waals surface area contributed by atoms with Gasteiger partial charge in [-0.25, -0.2) is 4.79 Å². The summed E-state index contributed by atoms with van der Waals surface area (Å²) in [6, 6.07) is 17.4. The Morgan fingerprint density at radius 2 is 1.51 bits per heavy atom. The Labute approximate surface area is 210 Å². The number of hydrogen-bond donors (Lipinski definition) is 3. The van der Waals surface area contributed by atoms with Gasteiger partial charge in [-0.15, -0.1) is 0 Å². The van der Waals surface area contributed by atoms with Gasteiger partial charge in [0.1, 0.15) is 18.3 Å². The first-order chi connectivity index (χ1) is 17.8. The van der Waals surface area contributed by atoms with Crippen LogP contribution in [-0.4, -0.2) is 75.6 Å². The normalized spacial score (nSPS) is 21.6. The summed E-state index contributed by atoms with van der Waals surface area (Å²) in [5.74, 6) is -1.23. The number of ketones is 2. The standard InChI is InChI=1S/C26H26N2O9/c1-35-26(22(32)16-8-4-2-5-9-16,23(33)17-10-6-3-7-11-17)15-36-14-18-20(30)21(31)24(37-18)28-13-12-19(29)27-25(28)34/h2-13,18,20-21,24,30-31H,14-15H2,1H3,(H,27,29,34)/t18-,20?,21?,24-/m0/s1. The van der Waals surface area contributed by atoms with E-state index in [0.717, 1.165) is 16.8 Å². The fourth-order valence-corrected chi connectivity index (χ4v) is 4.17. The van der Waals surface area contributed by atoms with E-state index in [1.807, 2.05) is 4.98 Å². The lowest BCUT2D eigenvalue weighted by Crippen LogP contribution is -2.53. The van der Waals surface area contributed by atoms with Gasteiger partial charge in [0, 0.05) is 30.5 Å². The average Bonchev–Trinajstić information content (AvgIpc) is 3.20. The molecule has 0 radical (unpaired) electrons. The van der Waals surface area contributed by atoms with E-state index in [2.05, 4.69) is 0 Å². The zero-order valence-corrected chi connectivity index (χ0v) is 19.9. The molecule has 11 heteroatoms. The highest BCUT2D eigenvalue weighted by Gasteiger charge is 2.49. The highest BCUT2D eigenvalue weighted by molar-refractivity contribution is 6.22. The molecule has 1 aliphatic heterocycles. The molecular formula is C26H26N2O9. The van der Waals surface area contributed by atoms with Gasteiger partial charge in [-0.2, -0.15) is 0 Å². The van der Waals surface area contributed by atoms with Gasteiger partial charge in [-0.05, 0) is 0 Å². The summed E-state index contributed by atoms with van der Waals surface area (Å²) in [6.07, 6.45) is -4.25. The van der Waals surface area contributed by atoms with Crippen LogP contribution in [0.15, 0.2) is 82.5 Å². The van der Waals surface area contributed by atoms with Crippen LogP contribution in [0.1, 0.15) is 26.9 Å². The molecule has 0 bridgehead atoms. The van der Waals surface area contributed by atoms with Gasteiger partial charge in [0.25, 0.3) is 5.56 Å². The second kappa shape index (κ2) is 11.1. The number of rotatable bonds is 10. The van der Waals surface area contributed by atoms with Gasteiger partial charge in [0.2, 0.25) is 17.2 Å². The number of hydrogen-bond acceptors (Lipinski definition) is 9. The Kier molecular flexibility index (Phi) is 7.91. The van der Waals surface area contributed by atoms with Gasteiger partial charge >= 0.3 is 5.69 Å². The third-order valence-electron chi connectivity index (χ3n) is 6.20. The first kappa shape index (κ1) is 26.3. The van der Waals surface area contributed by atoms with E-state index >= 15 is 0 Å². The Bertz CT molecular complexity index is 1300. The second-order valence-electron chi connectivity index (χ2n) is 8.50. The van der Waals surface area contributed by atoms with Crippen molar-refractivity contribution in [3.8, 4) is 0 Å². The summed E-state index contributed by atoms with van der Waals surface area (Å²) >= 11 is 0. The zero-order chi connectivity index (χ0) is 26.6. The van der Waals surface area contributed by atoms with Crippen molar-refractivity contribution in [2.45, 2.75) is 30.1 Å². The predicted octanol–water partition coefficient (Wildman–Crippen LogP) is 0.323. The summed E-state index contributed by atoms with van der Waals surface area (Å²) in [6.45, 7) is -0.862. The summed E-state index contributed by atoms with van der Waals surface area (Å²) in [5, 5.41) is 20.9. The molecule has 1 saturated heterocycles. The Hall–Kier alpha value is -3.74. The minimum Gasteiger partial charge on any atom is -0.387 e. The highest BCUT2D eigenvalue weighted by atomic mass is 16.6. The van der Waals surface area contributed by atoms with E-state index in [1.54, 1.807) is 60.7 Å².